The highest BCUT2D eigenvalue weighted by Gasteiger charge is 2.45. The van der Waals surface area contributed by atoms with Crippen LogP contribution in [0, 0.1) is 30.9 Å². The summed E-state index contributed by atoms with van der Waals surface area (Å²) >= 11 is 0. The second-order valence-electron chi connectivity index (χ2n) is 7.92. The first-order chi connectivity index (χ1) is 14.2. The van der Waals surface area contributed by atoms with E-state index in [0.29, 0.717) is 19.4 Å². The Morgan fingerprint density at radius 3 is 2.63 bits per heavy atom. The van der Waals surface area contributed by atoms with E-state index in [1.165, 1.54) is 12.1 Å². The smallest absolute Gasteiger partial charge is 0.314 e. The molecule has 8 heteroatoms. The summed E-state index contributed by atoms with van der Waals surface area (Å²) in [5.41, 5.74) is 0.865. The molecule has 1 aromatic heterocycles. The zero-order chi connectivity index (χ0) is 21.9. The number of likely N-dealkylation sites (tertiary alicyclic amines) is 1. The average Bonchev–Trinajstić information content (AvgIpc) is 3.01. The molecule has 1 unspecified atom stereocenters. The van der Waals surface area contributed by atoms with E-state index in [4.69, 9.17) is 4.74 Å². The largest absolute Gasteiger partial charge is 0.466 e. The SMILES string of the molecule is CCOC(=O)C1(Cc2ccc(F)cc2F)CCCN(C(=O)Cn2nc(C)cc2C)C1. The first-order valence-electron chi connectivity index (χ1n) is 10.1. The number of hydrogen-bond acceptors (Lipinski definition) is 4. The highest BCUT2D eigenvalue weighted by atomic mass is 19.1. The van der Waals surface area contributed by atoms with Crippen molar-refractivity contribution in [3.63, 3.8) is 0 Å². The van der Waals surface area contributed by atoms with Crippen LogP contribution in [0.4, 0.5) is 8.78 Å². The minimum absolute atomic E-state index is 0.0433. The fraction of sp³-hybridized carbons (Fsp3) is 0.500. The Morgan fingerprint density at radius 2 is 2.00 bits per heavy atom. The normalized spacial score (nSPS) is 19.0. The van der Waals surface area contributed by atoms with Gasteiger partial charge in [0.05, 0.1) is 17.7 Å². The molecule has 0 spiro atoms. The van der Waals surface area contributed by atoms with Crippen molar-refractivity contribution in [3.05, 3.63) is 52.9 Å². The molecule has 1 aliphatic rings. The van der Waals surface area contributed by atoms with Gasteiger partial charge < -0.3 is 9.64 Å². The van der Waals surface area contributed by atoms with E-state index >= 15 is 0 Å². The summed E-state index contributed by atoms with van der Waals surface area (Å²) in [6.07, 6.45) is 1.10. The van der Waals surface area contributed by atoms with Crippen molar-refractivity contribution in [2.24, 2.45) is 5.41 Å². The Labute approximate surface area is 174 Å². The first-order valence-corrected chi connectivity index (χ1v) is 10.1. The molecule has 0 aliphatic carbocycles. The molecule has 2 aromatic rings. The van der Waals surface area contributed by atoms with Crippen LogP contribution >= 0.6 is 0 Å². The lowest BCUT2D eigenvalue weighted by Gasteiger charge is -2.41. The summed E-state index contributed by atoms with van der Waals surface area (Å²) in [6.45, 7) is 6.34. The van der Waals surface area contributed by atoms with Gasteiger partial charge in [0.2, 0.25) is 5.91 Å². The molecule has 1 aliphatic heterocycles. The number of esters is 1. The van der Waals surface area contributed by atoms with Crippen LogP contribution in [-0.2, 0) is 27.3 Å². The zero-order valence-electron chi connectivity index (χ0n) is 17.6. The van der Waals surface area contributed by atoms with Gasteiger partial charge in [-0.2, -0.15) is 5.10 Å². The molecule has 3 rings (SSSR count). The van der Waals surface area contributed by atoms with Gasteiger partial charge in [0.25, 0.3) is 0 Å². The summed E-state index contributed by atoms with van der Waals surface area (Å²) in [5.74, 6) is -2.00. The highest BCUT2D eigenvalue weighted by molar-refractivity contribution is 5.81. The number of carbonyl (C=O) groups is 2. The van der Waals surface area contributed by atoms with Crippen LogP contribution in [0.2, 0.25) is 0 Å². The van der Waals surface area contributed by atoms with Crippen LogP contribution in [-0.4, -0.2) is 46.3 Å². The number of ether oxygens (including phenoxy) is 1. The monoisotopic (exact) mass is 419 g/mol. The van der Waals surface area contributed by atoms with Crippen LogP contribution in [0.25, 0.3) is 0 Å². The van der Waals surface area contributed by atoms with Gasteiger partial charge in [-0.3, -0.25) is 14.3 Å². The zero-order valence-corrected chi connectivity index (χ0v) is 17.6. The Kier molecular flexibility index (Phi) is 6.53. The number of halogens is 2. The second kappa shape index (κ2) is 8.93. The van der Waals surface area contributed by atoms with Gasteiger partial charge >= 0.3 is 5.97 Å². The number of hydrogen-bond donors (Lipinski definition) is 0. The summed E-state index contributed by atoms with van der Waals surface area (Å²) in [5, 5.41) is 4.33. The molecule has 1 aromatic carbocycles. The molecule has 1 fully saturated rings. The molecule has 0 radical (unpaired) electrons. The number of piperidine rings is 1. The maximum atomic E-state index is 14.3. The highest BCUT2D eigenvalue weighted by Crippen LogP contribution is 2.36. The first kappa shape index (κ1) is 21.9. The van der Waals surface area contributed by atoms with E-state index in [-0.39, 0.29) is 37.6 Å². The Morgan fingerprint density at radius 1 is 1.23 bits per heavy atom. The van der Waals surface area contributed by atoms with Crippen molar-refractivity contribution in [2.75, 3.05) is 19.7 Å². The number of nitrogens with zero attached hydrogens (tertiary/aromatic N) is 3. The fourth-order valence-corrected chi connectivity index (χ4v) is 4.10. The molecule has 0 saturated carbocycles. The quantitative estimate of drug-likeness (QED) is 0.675. The van der Waals surface area contributed by atoms with E-state index < -0.39 is 23.0 Å². The van der Waals surface area contributed by atoms with Crippen LogP contribution in [0.1, 0.15) is 36.7 Å². The number of aryl methyl sites for hydroxylation is 2. The number of carbonyl (C=O) groups excluding carboxylic acids is 2. The van der Waals surface area contributed by atoms with E-state index in [1.54, 1.807) is 16.5 Å². The molecule has 0 N–H and O–H groups in total. The molecule has 0 bridgehead atoms. The third kappa shape index (κ3) is 4.68. The Balaban J connectivity index is 1.84. The predicted octanol–water partition coefficient (Wildman–Crippen LogP) is 3.19. The van der Waals surface area contributed by atoms with Gasteiger partial charge in [-0.25, -0.2) is 8.78 Å². The van der Waals surface area contributed by atoms with Crippen LogP contribution < -0.4 is 0 Å². The maximum Gasteiger partial charge on any atom is 0.314 e. The molecular formula is C22H27F2N3O3. The molecule has 1 amide bonds. The van der Waals surface area contributed by atoms with Crippen molar-refractivity contribution < 1.29 is 23.1 Å². The average molecular weight is 419 g/mol. The summed E-state index contributed by atoms with van der Waals surface area (Å²) in [4.78, 5) is 27.5. The summed E-state index contributed by atoms with van der Waals surface area (Å²) in [7, 11) is 0. The molecule has 162 valence electrons. The third-order valence-corrected chi connectivity index (χ3v) is 5.57. The van der Waals surface area contributed by atoms with Crippen molar-refractivity contribution in [2.45, 2.75) is 46.6 Å². The molecule has 2 heterocycles. The maximum absolute atomic E-state index is 14.3. The van der Waals surface area contributed by atoms with Crippen molar-refractivity contribution in [1.82, 2.24) is 14.7 Å². The summed E-state index contributed by atoms with van der Waals surface area (Å²) in [6, 6.07) is 5.22. The van der Waals surface area contributed by atoms with Crippen molar-refractivity contribution in [3.8, 4) is 0 Å². The van der Waals surface area contributed by atoms with Crippen molar-refractivity contribution >= 4 is 11.9 Å². The van der Waals surface area contributed by atoms with Gasteiger partial charge in [0.1, 0.15) is 18.2 Å². The predicted molar refractivity (Wildman–Crippen MR) is 107 cm³/mol. The van der Waals surface area contributed by atoms with Crippen LogP contribution in [0.3, 0.4) is 0 Å². The Bertz CT molecular complexity index is 944. The van der Waals surface area contributed by atoms with E-state index in [9.17, 15) is 18.4 Å². The van der Waals surface area contributed by atoms with Gasteiger partial charge in [0.15, 0.2) is 0 Å². The number of rotatable bonds is 6. The molecule has 30 heavy (non-hydrogen) atoms. The van der Waals surface area contributed by atoms with E-state index in [2.05, 4.69) is 5.10 Å². The molecular weight excluding hydrogens is 392 g/mol. The lowest BCUT2D eigenvalue weighted by molar-refractivity contribution is -0.161. The van der Waals surface area contributed by atoms with Gasteiger partial charge in [-0.1, -0.05) is 6.07 Å². The summed E-state index contributed by atoms with van der Waals surface area (Å²) < 4.78 is 34.6. The van der Waals surface area contributed by atoms with Gasteiger partial charge in [-0.05, 0) is 57.7 Å². The second-order valence-corrected chi connectivity index (χ2v) is 7.92. The number of amides is 1. The minimum atomic E-state index is -1.07. The number of benzene rings is 1. The Hall–Kier alpha value is -2.77. The van der Waals surface area contributed by atoms with E-state index in [1.807, 2.05) is 19.9 Å². The third-order valence-electron chi connectivity index (χ3n) is 5.57. The fourth-order valence-electron chi connectivity index (χ4n) is 4.10. The minimum Gasteiger partial charge on any atom is -0.466 e. The topological polar surface area (TPSA) is 64.4 Å². The lowest BCUT2D eigenvalue weighted by Crippen LogP contribution is -2.52. The molecule has 1 saturated heterocycles. The van der Waals surface area contributed by atoms with Crippen LogP contribution in [0.5, 0.6) is 0 Å². The van der Waals surface area contributed by atoms with Crippen LogP contribution in [0.15, 0.2) is 24.3 Å². The standard InChI is InChI=1S/C22H27F2N3O3/c1-4-30-21(29)22(12-17-6-7-18(23)11-19(17)24)8-5-9-26(14-22)20(28)13-27-16(3)10-15(2)25-27/h6-7,10-11H,4-5,8-9,12-14H2,1-3H3. The molecule has 1 atom stereocenters. The number of aromatic nitrogens is 2. The van der Waals surface area contributed by atoms with Gasteiger partial charge in [0, 0.05) is 24.8 Å². The van der Waals surface area contributed by atoms with Gasteiger partial charge in [-0.15, -0.1) is 0 Å². The lowest BCUT2D eigenvalue weighted by atomic mass is 9.75. The van der Waals surface area contributed by atoms with Crippen molar-refractivity contribution in [1.29, 1.82) is 0 Å². The molecule has 6 nitrogen and oxygen atoms in total. The van der Waals surface area contributed by atoms with E-state index in [0.717, 1.165) is 17.5 Å².